The molecular formula is C25H28N2O5. The van der Waals surface area contributed by atoms with Gasteiger partial charge in [-0.1, -0.05) is 29.8 Å². The lowest BCUT2D eigenvalue weighted by Crippen LogP contribution is -2.46. The normalized spacial score (nSPS) is 14.2. The average Bonchev–Trinajstić information content (AvgIpc) is 2.79. The van der Waals surface area contributed by atoms with E-state index in [4.69, 9.17) is 9.47 Å². The van der Waals surface area contributed by atoms with Crippen molar-refractivity contribution < 1.29 is 23.9 Å². The standard InChI is InChI=1S/C25H28N2O5/c1-3-31-25(30)32-22-11-9-20(10-12-22)24(29)26-21-14-16-27(17-15-21)23(28)13-8-19-6-4-18(2)5-7-19/h4-13,21H,3,14-17H2,1-2H3,(H,26,29)/b13-8+. The van der Waals surface area contributed by atoms with E-state index >= 15 is 0 Å². The molecule has 0 atom stereocenters. The molecule has 0 aromatic heterocycles. The molecule has 0 aliphatic carbocycles. The van der Waals surface area contributed by atoms with Gasteiger partial charge in [-0.15, -0.1) is 0 Å². The molecule has 0 saturated carbocycles. The topological polar surface area (TPSA) is 84.9 Å². The number of benzene rings is 2. The summed E-state index contributed by atoms with van der Waals surface area (Å²) in [6, 6.07) is 14.3. The van der Waals surface area contributed by atoms with E-state index in [1.165, 1.54) is 5.56 Å². The molecule has 168 valence electrons. The van der Waals surface area contributed by atoms with Gasteiger partial charge < -0.3 is 19.7 Å². The highest BCUT2D eigenvalue weighted by Crippen LogP contribution is 2.15. The largest absolute Gasteiger partial charge is 0.513 e. The average molecular weight is 437 g/mol. The van der Waals surface area contributed by atoms with Crippen LogP contribution in [-0.2, 0) is 9.53 Å². The number of nitrogens with zero attached hydrogens (tertiary/aromatic N) is 1. The molecule has 0 spiro atoms. The highest BCUT2D eigenvalue weighted by molar-refractivity contribution is 5.94. The molecule has 3 rings (SSSR count). The first-order chi connectivity index (χ1) is 15.4. The summed E-state index contributed by atoms with van der Waals surface area (Å²) in [6.07, 6.45) is 4.04. The van der Waals surface area contributed by atoms with E-state index in [2.05, 4.69) is 5.32 Å². The predicted octanol–water partition coefficient (Wildman–Crippen LogP) is 3.96. The van der Waals surface area contributed by atoms with Crippen molar-refractivity contribution in [2.75, 3.05) is 19.7 Å². The quantitative estimate of drug-likeness (QED) is 0.421. The highest BCUT2D eigenvalue weighted by Gasteiger charge is 2.23. The summed E-state index contributed by atoms with van der Waals surface area (Å²) >= 11 is 0. The summed E-state index contributed by atoms with van der Waals surface area (Å²) in [7, 11) is 0. The lowest BCUT2D eigenvalue weighted by atomic mass is 10.0. The van der Waals surface area contributed by atoms with Crippen molar-refractivity contribution in [3.05, 3.63) is 71.3 Å². The van der Waals surface area contributed by atoms with Crippen molar-refractivity contribution >= 4 is 24.0 Å². The highest BCUT2D eigenvalue weighted by atomic mass is 16.7. The molecule has 2 aromatic carbocycles. The van der Waals surface area contributed by atoms with Crippen LogP contribution < -0.4 is 10.1 Å². The maximum atomic E-state index is 12.5. The molecule has 1 aliphatic heterocycles. The minimum Gasteiger partial charge on any atom is -0.434 e. The van der Waals surface area contributed by atoms with Gasteiger partial charge in [0.2, 0.25) is 5.91 Å². The third-order valence-electron chi connectivity index (χ3n) is 5.22. The number of likely N-dealkylation sites (tertiary alicyclic amines) is 1. The zero-order valence-corrected chi connectivity index (χ0v) is 18.4. The molecule has 1 heterocycles. The van der Waals surface area contributed by atoms with Gasteiger partial charge in [-0.3, -0.25) is 9.59 Å². The Morgan fingerprint density at radius 1 is 1.03 bits per heavy atom. The summed E-state index contributed by atoms with van der Waals surface area (Å²) < 4.78 is 9.71. The van der Waals surface area contributed by atoms with Crippen LogP contribution in [0, 0.1) is 6.92 Å². The number of hydrogen-bond acceptors (Lipinski definition) is 5. The molecule has 0 radical (unpaired) electrons. The van der Waals surface area contributed by atoms with Crippen LogP contribution in [0.15, 0.2) is 54.6 Å². The second-order valence-corrected chi connectivity index (χ2v) is 7.63. The number of carbonyl (C=O) groups is 3. The number of nitrogens with one attached hydrogen (secondary N) is 1. The van der Waals surface area contributed by atoms with E-state index < -0.39 is 6.16 Å². The number of hydrogen-bond donors (Lipinski definition) is 1. The summed E-state index contributed by atoms with van der Waals surface area (Å²) in [5.74, 6) is 0.0924. The number of aryl methyl sites for hydroxylation is 1. The van der Waals surface area contributed by atoms with E-state index in [-0.39, 0.29) is 24.5 Å². The van der Waals surface area contributed by atoms with E-state index in [1.807, 2.05) is 37.3 Å². The molecule has 7 nitrogen and oxygen atoms in total. The molecule has 32 heavy (non-hydrogen) atoms. The van der Waals surface area contributed by atoms with Gasteiger partial charge in [0.15, 0.2) is 0 Å². The molecule has 1 aliphatic rings. The number of ether oxygens (including phenoxy) is 2. The first kappa shape index (κ1) is 23.1. The van der Waals surface area contributed by atoms with E-state index in [1.54, 1.807) is 42.2 Å². The van der Waals surface area contributed by atoms with Gasteiger partial charge in [-0.05, 0) is 62.6 Å². The van der Waals surface area contributed by atoms with E-state index in [9.17, 15) is 14.4 Å². The van der Waals surface area contributed by atoms with Crippen LogP contribution in [-0.4, -0.2) is 48.6 Å². The second kappa shape index (κ2) is 11.1. The number of carbonyl (C=O) groups excluding carboxylic acids is 3. The minimum absolute atomic E-state index is 0.00286. The SMILES string of the molecule is CCOC(=O)Oc1ccc(C(=O)NC2CCN(C(=O)/C=C/c3ccc(C)cc3)CC2)cc1. The Kier molecular flexibility index (Phi) is 8.02. The summed E-state index contributed by atoms with van der Waals surface area (Å²) in [5.41, 5.74) is 2.64. The van der Waals surface area contributed by atoms with Crippen molar-refractivity contribution in [1.82, 2.24) is 10.2 Å². The maximum absolute atomic E-state index is 12.5. The van der Waals surface area contributed by atoms with Gasteiger partial charge >= 0.3 is 6.16 Å². The lowest BCUT2D eigenvalue weighted by molar-refractivity contribution is -0.127. The fourth-order valence-corrected chi connectivity index (χ4v) is 3.38. The van der Waals surface area contributed by atoms with Gasteiger partial charge in [0, 0.05) is 30.8 Å². The first-order valence-electron chi connectivity index (χ1n) is 10.7. The Balaban J connectivity index is 1.45. The molecule has 1 N–H and O–H groups in total. The van der Waals surface area contributed by atoms with Gasteiger partial charge in [0.25, 0.3) is 5.91 Å². The Hall–Kier alpha value is -3.61. The number of amides is 2. The molecule has 2 amide bonds. The van der Waals surface area contributed by atoms with Crippen LogP contribution in [0.3, 0.4) is 0 Å². The number of rotatable bonds is 6. The van der Waals surface area contributed by atoms with Crippen molar-refractivity contribution in [3.8, 4) is 5.75 Å². The van der Waals surface area contributed by atoms with Gasteiger partial charge in [0.1, 0.15) is 5.75 Å². The summed E-state index contributed by atoms with van der Waals surface area (Å²) in [4.78, 5) is 38.1. The molecule has 2 aromatic rings. The van der Waals surface area contributed by atoms with Gasteiger partial charge in [0.05, 0.1) is 6.61 Å². The Morgan fingerprint density at radius 2 is 1.69 bits per heavy atom. The van der Waals surface area contributed by atoms with Crippen molar-refractivity contribution in [1.29, 1.82) is 0 Å². The third-order valence-corrected chi connectivity index (χ3v) is 5.22. The Bertz CT molecular complexity index is 959. The van der Waals surface area contributed by atoms with Crippen molar-refractivity contribution in [3.63, 3.8) is 0 Å². The van der Waals surface area contributed by atoms with Crippen molar-refractivity contribution in [2.45, 2.75) is 32.7 Å². The molecule has 0 unspecified atom stereocenters. The molecule has 1 fully saturated rings. The van der Waals surface area contributed by atoms with Crippen LogP contribution in [0.1, 0.15) is 41.3 Å². The van der Waals surface area contributed by atoms with Crippen LogP contribution in [0.4, 0.5) is 4.79 Å². The minimum atomic E-state index is -0.778. The zero-order chi connectivity index (χ0) is 22.9. The first-order valence-corrected chi connectivity index (χ1v) is 10.7. The predicted molar refractivity (Wildman–Crippen MR) is 121 cm³/mol. The molecular weight excluding hydrogens is 408 g/mol. The number of piperidine rings is 1. The fourth-order valence-electron chi connectivity index (χ4n) is 3.38. The monoisotopic (exact) mass is 436 g/mol. The van der Waals surface area contributed by atoms with Gasteiger partial charge in [-0.2, -0.15) is 0 Å². The summed E-state index contributed by atoms with van der Waals surface area (Å²) in [5, 5.41) is 3.01. The maximum Gasteiger partial charge on any atom is 0.513 e. The zero-order valence-electron chi connectivity index (χ0n) is 18.4. The molecule has 7 heteroatoms. The lowest BCUT2D eigenvalue weighted by Gasteiger charge is -2.31. The van der Waals surface area contributed by atoms with Crippen LogP contribution >= 0.6 is 0 Å². The third kappa shape index (κ3) is 6.70. The van der Waals surface area contributed by atoms with Crippen molar-refractivity contribution in [2.24, 2.45) is 0 Å². The molecule has 0 bridgehead atoms. The van der Waals surface area contributed by atoms with Crippen LogP contribution in [0.25, 0.3) is 6.08 Å². The van der Waals surface area contributed by atoms with E-state index in [0.29, 0.717) is 37.2 Å². The Labute approximate surface area is 188 Å². The smallest absolute Gasteiger partial charge is 0.434 e. The van der Waals surface area contributed by atoms with Gasteiger partial charge in [-0.25, -0.2) is 4.79 Å². The van der Waals surface area contributed by atoms with E-state index in [0.717, 1.165) is 5.56 Å². The molecule has 1 saturated heterocycles. The second-order valence-electron chi connectivity index (χ2n) is 7.63. The Morgan fingerprint density at radius 3 is 2.31 bits per heavy atom. The van der Waals surface area contributed by atoms with Crippen LogP contribution in [0.5, 0.6) is 5.75 Å². The fraction of sp³-hybridized carbons (Fsp3) is 0.320. The summed E-state index contributed by atoms with van der Waals surface area (Å²) in [6.45, 7) is 5.13. The van der Waals surface area contributed by atoms with Crippen LogP contribution in [0.2, 0.25) is 0 Å².